The monoisotopic (exact) mass is 358 g/mol. The number of aromatic nitrogens is 1. The molecule has 2 aliphatic heterocycles. The van der Waals surface area contributed by atoms with Crippen molar-refractivity contribution in [1.29, 1.82) is 0 Å². The van der Waals surface area contributed by atoms with E-state index in [0.29, 0.717) is 32.7 Å². The molecule has 1 atom stereocenters. The van der Waals surface area contributed by atoms with E-state index in [4.69, 9.17) is 9.47 Å². The lowest BCUT2D eigenvalue weighted by Crippen LogP contribution is -2.49. The van der Waals surface area contributed by atoms with Crippen LogP contribution in [-0.4, -0.2) is 47.9 Å². The van der Waals surface area contributed by atoms with Crippen molar-refractivity contribution in [3.8, 4) is 0 Å². The minimum Gasteiger partial charge on any atom is -0.358 e. The van der Waals surface area contributed by atoms with E-state index >= 15 is 0 Å². The Kier molecular flexibility index (Phi) is 3.79. The van der Waals surface area contributed by atoms with E-state index in [1.54, 1.807) is 12.1 Å². The summed E-state index contributed by atoms with van der Waals surface area (Å²) in [5.41, 5.74) is 3.22. The molecule has 2 aromatic rings. The molecule has 0 bridgehead atoms. The maximum atomic E-state index is 13.7. The number of nitrogens with zero attached hydrogens (tertiary/aromatic N) is 1. The minimum absolute atomic E-state index is 0.0239. The van der Waals surface area contributed by atoms with E-state index in [-0.39, 0.29) is 17.6 Å². The maximum absolute atomic E-state index is 13.7. The number of benzene rings is 1. The van der Waals surface area contributed by atoms with Crippen LogP contribution in [0.4, 0.5) is 4.39 Å². The van der Waals surface area contributed by atoms with Gasteiger partial charge in [0.05, 0.1) is 13.2 Å². The Morgan fingerprint density at radius 3 is 2.77 bits per heavy atom. The summed E-state index contributed by atoms with van der Waals surface area (Å²) < 4.78 is 25.2. The Bertz CT molecular complexity index is 846. The fourth-order valence-corrected chi connectivity index (χ4v) is 4.71. The molecule has 1 aliphatic carbocycles. The molecular weight excluding hydrogens is 335 g/mol. The van der Waals surface area contributed by atoms with Crippen LogP contribution in [0.15, 0.2) is 18.2 Å². The number of halogens is 1. The van der Waals surface area contributed by atoms with Crippen molar-refractivity contribution in [2.24, 2.45) is 5.92 Å². The van der Waals surface area contributed by atoms with Gasteiger partial charge < -0.3 is 19.4 Å². The number of amides is 1. The normalized spacial score (nSPS) is 25.0. The lowest BCUT2D eigenvalue weighted by molar-refractivity contribution is -0.188. The van der Waals surface area contributed by atoms with Crippen molar-refractivity contribution >= 4 is 16.8 Å². The molecule has 0 saturated carbocycles. The molecule has 2 saturated heterocycles. The molecule has 1 unspecified atom stereocenters. The average molecular weight is 358 g/mol. The Morgan fingerprint density at radius 1 is 1.23 bits per heavy atom. The first-order chi connectivity index (χ1) is 12.6. The molecule has 1 N–H and O–H groups in total. The fourth-order valence-electron chi connectivity index (χ4n) is 4.71. The quantitative estimate of drug-likeness (QED) is 0.853. The van der Waals surface area contributed by atoms with Gasteiger partial charge in [0.1, 0.15) is 5.82 Å². The molecule has 5 nitrogen and oxygen atoms in total. The van der Waals surface area contributed by atoms with Gasteiger partial charge in [0, 0.05) is 48.4 Å². The SMILES string of the molecule is O=C(C1CCc2[nH]c3ccc(F)cc3c2C1)N1CCC2(CC1)OCCO2. The zero-order chi connectivity index (χ0) is 17.7. The van der Waals surface area contributed by atoms with Crippen LogP contribution in [0.3, 0.4) is 0 Å². The van der Waals surface area contributed by atoms with Crippen LogP contribution in [0.5, 0.6) is 0 Å². The predicted octanol–water partition coefficient (Wildman–Crippen LogP) is 2.78. The minimum atomic E-state index is -0.453. The summed E-state index contributed by atoms with van der Waals surface area (Å²) in [4.78, 5) is 18.4. The lowest BCUT2D eigenvalue weighted by atomic mass is 9.85. The number of piperidine rings is 1. The summed E-state index contributed by atoms with van der Waals surface area (Å²) in [6, 6.07) is 4.84. The van der Waals surface area contributed by atoms with Crippen LogP contribution in [-0.2, 0) is 27.1 Å². The zero-order valence-electron chi connectivity index (χ0n) is 14.7. The number of hydrogen-bond acceptors (Lipinski definition) is 3. The average Bonchev–Trinajstić information content (AvgIpc) is 3.26. The van der Waals surface area contributed by atoms with Crippen molar-refractivity contribution in [3.05, 3.63) is 35.3 Å². The number of likely N-dealkylation sites (tertiary alicyclic amines) is 1. The van der Waals surface area contributed by atoms with Gasteiger partial charge in [0.15, 0.2) is 5.79 Å². The molecule has 6 heteroatoms. The van der Waals surface area contributed by atoms with Gasteiger partial charge in [0.25, 0.3) is 0 Å². The number of carbonyl (C=O) groups is 1. The Morgan fingerprint density at radius 2 is 2.00 bits per heavy atom. The summed E-state index contributed by atoms with van der Waals surface area (Å²) in [5, 5.41) is 0.919. The van der Waals surface area contributed by atoms with Crippen LogP contribution in [0.2, 0.25) is 0 Å². The van der Waals surface area contributed by atoms with Gasteiger partial charge in [-0.3, -0.25) is 4.79 Å². The lowest BCUT2D eigenvalue weighted by Gasteiger charge is -2.39. The van der Waals surface area contributed by atoms with Gasteiger partial charge in [-0.05, 0) is 43.0 Å². The molecule has 5 rings (SSSR count). The van der Waals surface area contributed by atoms with Crippen molar-refractivity contribution in [1.82, 2.24) is 9.88 Å². The third-order valence-electron chi connectivity index (χ3n) is 6.15. The number of aromatic amines is 1. The summed E-state index contributed by atoms with van der Waals surface area (Å²) in [6.45, 7) is 2.67. The highest BCUT2D eigenvalue weighted by Crippen LogP contribution is 2.35. The second-order valence-corrected chi connectivity index (χ2v) is 7.64. The van der Waals surface area contributed by atoms with Crippen molar-refractivity contribution in [2.45, 2.75) is 37.9 Å². The highest BCUT2D eigenvalue weighted by atomic mass is 19.1. The standard InChI is InChI=1S/C20H23FN2O3/c21-14-2-4-18-16(12-14)15-11-13(1-3-17(15)22-18)19(24)23-7-5-20(6-8-23)25-9-10-26-20/h2,4,12-13,22H,1,3,5-11H2. The van der Waals surface area contributed by atoms with E-state index in [0.717, 1.165) is 47.8 Å². The second-order valence-electron chi connectivity index (χ2n) is 7.64. The van der Waals surface area contributed by atoms with Crippen LogP contribution in [0.1, 0.15) is 30.5 Å². The summed E-state index contributed by atoms with van der Waals surface area (Å²) >= 11 is 0. The number of hydrogen-bond donors (Lipinski definition) is 1. The molecule has 1 aromatic carbocycles. The highest BCUT2D eigenvalue weighted by molar-refractivity contribution is 5.87. The van der Waals surface area contributed by atoms with Crippen LogP contribution >= 0.6 is 0 Å². The van der Waals surface area contributed by atoms with Gasteiger partial charge in [-0.25, -0.2) is 4.39 Å². The maximum Gasteiger partial charge on any atom is 0.226 e. The number of H-pyrrole nitrogens is 1. The van der Waals surface area contributed by atoms with Crippen molar-refractivity contribution < 1.29 is 18.7 Å². The van der Waals surface area contributed by atoms with Crippen molar-refractivity contribution in [2.75, 3.05) is 26.3 Å². The fraction of sp³-hybridized carbons (Fsp3) is 0.550. The van der Waals surface area contributed by atoms with E-state index < -0.39 is 5.79 Å². The van der Waals surface area contributed by atoms with E-state index in [1.165, 1.54) is 6.07 Å². The van der Waals surface area contributed by atoms with Crippen LogP contribution < -0.4 is 0 Å². The Labute approximate surface area is 151 Å². The molecule has 1 aromatic heterocycles. The first kappa shape index (κ1) is 16.3. The first-order valence-electron chi connectivity index (χ1n) is 9.49. The summed E-state index contributed by atoms with van der Waals surface area (Å²) in [6.07, 6.45) is 3.86. The molecule has 1 amide bonds. The predicted molar refractivity (Wildman–Crippen MR) is 94.2 cm³/mol. The van der Waals surface area contributed by atoms with Crippen LogP contribution in [0, 0.1) is 11.7 Å². The largest absolute Gasteiger partial charge is 0.358 e. The molecule has 138 valence electrons. The van der Waals surface area contributed by atoms with Gasteiger partial charge in [-0.2, -0.15) is 0 Å². The smallest absolute Gasteiger partial charge is 0.226 e. The second kappa shape index (κ2) is 6.06. The zero-order valence-corrected chi connectivity index (χ0v) is 14.7. The molecule has 1 spiro atoms. The number of ether oxygens (including phenoxy) is 2. The van der Waals surface area contributed by atoms with E-state index in [1.807, 2.05) is 4.90 Å². The van der Waals surface area contributed by atoms with E-state index in [9.17, 15) is 9.18 Å². The van der Waals surface area contributed by atoms with Gasteiger partial charge >= 0.3 is 0 Å². The number of rotatable bonds is 1. The summed E-state index contributed by atoms with van der Waals surface area (Å²) in [5.74, 6) is -0.491. The number of aryl methyl sites for hydroxylation is 1. The van der Waals surface area contributed by atoms with Gasteiger partial charge in [-0.15, -0.1) is 0 Å². The molecule has 2 fully saturated rings. The third kappa shape index (κ3) is 2.63. The highest BCUT2D eigenvalue weighted by Gasteiger charge is 2.42. The van der Waals surface area contributed by atoms with Gasteiger partial charge in [-0.1, -0.05) is 0 Å². The number of nitrogens with one attached hydrogen (secondary N) is 1. The summed E-state index contributed by atoms with van der Waals surface area (Å²) in [7, 11) is 0. The van der Waals surface area contributed by atoms with E-state index in [2.05, 4.69) is 4.98 Å². The van der Waals surface area contributed by atoms with Gasteiger partial charge in [0.2, 0.25) is 5.91 Å². The molecule has 3 heterocycles. The molecule has 3 aliphatic rings. The Hall–Kier alpha value is -1.92. The topological polar surface area (TPSA) is 54.6 Å². The number of carbonyl (C=O) groups excluding carboxylic acids is 1. The Balaban J connectivity index is 1.32. The first-order valence-corrected chi connectivity index (χ1v) is 9.49. The van der Waals surface area contributed by atoms with Crippen molar-refractivity contribution in [3.63, 3.8) is 0 Å². The molecule has 26 heavy (non-hydrogen) atoms. The third-order valence-corrected chi connectivity index (χ3v) is 6.15. The molecule has 0 radical (unpaired) electrons. The number of fused-ring (bicyclic) bond motifs is 3. The van der Waals surface area contributed by atoms with Crippen LogP contribution in [0.25, 0.3) is 10.9 Å². The molecular formula is C20H23FN2O3.